The predicted octanol–water partition coefficient (Wildman–Crippen LogP) is 0.368. The molecule has 4 fully saturated rings. The smallest absolute Gasteiger partial charge is 0.248 e. The van der Waals surface area contributed by atoms with Crippen LogP contribution in [0.15, 0.2) is 0 Å². The average molecular weight is 403 g/mol. The van der Waals surface area contributed by atoms with Gasteiger partial charge in [0.1, 0.15) is 6.61 Å². The van der Waals surface area contributed by atoms with Crippen LogP contribution in [0.2, 0.25) is 0 Å². The number of hydrogen-bond donors (Lipinski definition) is 0. The summed E-state index contributed by atoms with van der Waals surface area (Å²) in [5.74, 6) is 0.0178. The first-order valence-electron chi connectivity index (χ1n) is 10.1. The third-order valence-electron chi connectivity index (χ3n) is 6.19. The Morgan fingerprint density at radius 2 is 1.74 bits per heavy atom. The second-order valence-corrected chi connectivity index (χ2v) is 10.3. The summed E-state index contributed by atoms with van der Waals surface area (Å²) in [6, 6.07) is 0. The number of carbonyl (C=O) groups excluding carboxylic acids is 1. The summed E-state index contributed by atoms with van der Waals surface area (Å²) < 4.78 is 43.8. The first-order chi connectivity index (χ1) is 13.0. The fraction of sp³-hybridized carbons (Fsp3) is 0.944. The highest BCUT2D eigenvalue weighted by molar-refractivity contribution is 7.90. The lowest BCUT2D eigenvalue weighted by Gasteiger charge is -2.45. The second-order valence-electron chi connectivity index (χ2n) is 8.09. The van der Waals surface area contributed by atoms with Crippen molar-refractivity contribution in [1.29, 1.82) is 0 Å². The SMILES string of the molecule is O=C(COC1CCOC2(CCN(S(=O)(=O)C3CC3)CC2)C1)N1CCOCC1. The first kappa shape index (κ1) is 19.6. The molecule has 0 radical (unpaired) electrons. The molecule has 0 bridgehead atoms. The minimum absolute atomic E-state index is 0.00432. The fourth-order valence-electron chi connectivity index (χ4n) is 4.29. The number of hydrogen-bond acceptors (Lipinski definition) is 6. The molecule has 0 N–H and O–H groups in total. The lowest BCUT2D eigenvalue weighted by atomic mass is 9.84. The van der Waals surface area contributed by atoms with E-state index in [4.69, 9.17) is 14.2 Å². The van der Waals surface area contributed by atoms with Crippen molar-refractivity contribution in [3.63, 3.8) is 0 Å². The summed E-state index contributed by atoms with van der Waals surface area (Å²) in [7, 11) is -3.11. The van der Waals surface area contributed by atoms with E-state index in [0.29, 0.717) is 58.8 Å². The zero-order valence-corrected chi connectivity index (χ0v) is 16.6. The number of carbonyl (C=O) groups is 1. The van der Waals surface area contributed by atoms with Crippen molar-refractivity contribution in [2.24, 2.45) is 0 Å². The zero-order chi connectivity index (χ0) is 18.9. The molecule has 1 spiro atoms. The minimum Gasteiger partial charge on any atom is -0.378 e. The maximum Gasteiger partial charge on any atom is 0.248 e. The van der Waals surface area contributed by atoms with E-state index in [9.17, 15) is 13.2 Å². The summed E-state index contributed by atoms with van der Waals surface area (Å²) in [6.45, 7) is 4.19. The quantitative estimate of drug-likeness (QED) is 0.660. The number of nitrogens with zero attached hydrogens (tertiary/aromatic N) is 2. The molecule has 154 valence electrons. The van der Waals surface area contributed by atoms with Gasteiger partial charge in [-0.3, -0.25) is 4.79 Å². The van der Waals surface area contributed by atoms with Gasteiger partial charge in [0, 0.05) is 39.2 Å². The van der Waals surface area contributed by atoms with Crippen LogP contribution in [0.4, 0.5) is 0 Å². The van der Waals surface area contributed by atoms with Gasteiger partial charge >= 0.3 is 0 Å². The molecule has 3 heterocycles. The van der Waals surface area contributed by atoms with E-state index in [-0.39, 0.29) is 29.5 Å². The Morgan fingerprint density at radius 3 is 2.41 bits per heavy atom. The third-order valence-corrected chi connectivity index (χ3v) is 8.59. The monoisotopic (exact) mass is 402 g/mol. The Morgan fingerprint density at radius 1 is 1.04 bits per heavy atom. The lowest BCUT2D eigenvalue weighted by Crippen LogP contribution is -2.52. The standard InChI is InChI=1S/C18H30N2O6S/c21-17(19-8-11-24-12-9-19)14-25-15-3-10-26-18(13-15)4-6-20(7-5-18)27(22,23)16-1-2-16/h15-16H,1-14H2. The van der Waals surface area contributed by atoms with Crippen LogP contribution in [0.3, 0.4) is 0 Å². The molecular weight excluding hydrogens is 372 g/mol. The molecule has 3 aliphatic heterocycles. The maximum absolute atomic E-state index is 12.4. The van der Waals surface area contributed by atoms with Gasteiger partial charge in [-0.2, -0.15) is 0 Å². The Bertz CT molecular complexity index is 636. The van der Waals surface area contributed by atoms with Gasteiger partial charge in [0.15, 0.2) is 0 Å². The van der Waals surface area contributed by atoms with Crippen LogP contribution in [0.25, 0.3) is 0 Å². The Labute approximate surface area is 161 Å². The van der Waals surface area contributed by atoms with Crippen LogP contribution < -0.4 is 0 Å². The van der Waals surface area contributed by atoms with Gasteiger partial charge in [0.25, 0.3) is 0 Å². The van der Waals surface area contributed by atoms with Crippen LogP contribution in [0, 0.1) is 0 Å². The highest BCUT2D eigenvalue weighted by Gasteiger charge is 2.46. The second kappa shape index (κ2) is 7.94. The van der Waals surface area contributed by atoms with Crippen LogP contribution in [-0.4, -0.2) is 93.1 Å². The summed E-state index contributed by atoms with van der Waals surface area (Å²) in [4.78, 5) is 14.1. The van der Waals surface area contributed by atoms with Crippen molar-refractivity contribution in [1.82, 2.24) is 9.21 Å². The van der Waals surface area contributed by atoms with Crippen molar-refractivity contribution in [2.75, 3.05) is 52.6 Å². The molecule has 27 heavy (non-hydrogen) atoms. The van der Waals surface area contributed by atoms with Crippen LogP contribution in [-0.2, 0) is 29.0 Å². The molecule has 3 saturated heterocycles. The van der Waals surface area contributed by atoms with Gasteiger partial charge in [-0.15, -0.1) is 0 Å². The molecule has 0 aromatic carbocycles. The Balaban J connectivity index is 1.26. The highest BCUT2D eigenvalue weighted by Crippen LogP contribution is 2.39. The van der Waals surface area contributed by atoms with Gasteiger partial charge < -0.3 is 19.1 Å². The molecule has 1 amide bonds. The molecule has 8 nitrogen and oxygen atoms in total. The van der Waals surface area contributed by atoms with Crippen molar-refractivity contribution >= 4 is 15.9 Å². The molecule has 4 aliphatic rings. The first-order valence-corrected chi connectivity index (χ1v) is 11.6. The predicted molar refractivity (Wildman–Crippen MR) is 97.8 cm³/mol. The molecule has 4 rings (SSSR count). The van der Waals surface area contributed by atoms with E-state index in [1.165, 1.54) is 0 Å². The largest absolute Gasteiger partial charge is 0.378 e. The van der Waals surface area contributed by atoms with Crippen molar-refractivity contribution < 1.29 is 27.4 Å². The van der Waals surface area contributed by atoms with E-state index in [2.05, 4.69) is 0 Å². The lowest BCUT2D eigenvalue weighted by molar-refractivity contribution is -0.162. The van der Waals surface area contributed by atoms with Crippen molar-refractivity contribution in [3.8, 4) is 0 Å². The summed E-state index contributed by atoms with van der Waals surface area (Å²) >= 11 is 0. The van der Waals surface area contributed by atoms with Crippen LogP contribution in [0.5, 0.6) is 0 Å². The molecule has 1 aliphatic carbocycles. The molecule has 0 aromatic heterocycles. The van der Waals surface area contributed by atoms with Crippen molar-refractivity contribution in [3.05, 3.63) is 0 Å². The van der Waals surface area contributed by atoms with E-state index in [1.54, 1.807) is 9.21 Å². The van der Waals surface area contributed by atoms with Gasteiger partial charge in [-0.05, 0) is 32.1 Å². The average Bonchev–Trinajstić information content (AvgIpc) is 3.53. The number of rotatable bonds is 5. The van der Waals surface area contributed by atoms with Gasteiger partial charge in [0.05, 0.1) is 30.2 Å². The zero-order valence-electron chi connectivity index (χ0n) is 15.8. The summed E-state index contributed by atoms with van der Waals surface area (Å²) in [5, 5.41) is -0.152. The number of sulfonamides is 1. The van der Waals surface area contributed by atoms with Crippen LogP contribution >= 0.6 is 0 Å². The van der Waals surface area contributed by atoms with E-state index in [0.717, 1.165) is 25.7 Å². The third kappa shape index (κ3) is 4.48. The van der Waals surface area contributed by atoms with E-state index < -0.39 is 10.0 Å². The number of piperidine rings is 1. The van der Waals surface area contributed by atoms with Crippen molar-refractivity contribution in [2.45, 2.75) is 55.5 Å². The molecule has 1 saturated carbocycles. The highest BCUT2D eigenvalue weighted by atomic mass is 32.2. The topological polar surface area (TPSA) is 85.4 Å². The molecular formula is C18H30N2O6S. The fourth-order valence-corrected chi connectivity index (χ4v) is 6.14. The maximum atomic E-state index is 12.4. The summed E-state index contributed by atoms with van der Waals surface area (Å²) in [6.07, 6.45) is 4.52. The van der Waals surface area contributed by atoms with Crippen LogP contribution in [0.1, 0.15) is 38.5 Å². The van der Waals surface area contributed by atoms with Gasteiger partial charge in [-0.25, -0.2) is 12.7 Å². The molecule has 1 atom stereocenters. The Hall–Kier alpha value is -0.740. The summed E-state index contributed by atoms with van der Waals surface area (Å²) in [5.41, 5.74) is -0.305. The molecule has 9 heteroatoms. The van der Waals surface area contributed by atoms with E-state index in [1.807, 2.05) is 0 Å². The number of morpholine rings is 1. The molecule has 1 unspecified atom stereocenters. The number of amides is 1. The van der Waals surface area contributed by atoms with Gasteiger partial charge in [-0.1, -0.05) is 0 Å². The molecule has 0 aromatic rings. The minimum atomic E-state index is -3.11. The van der Waals surface area contributed by atoms with E-state index >= 15 is 0 Å². The Kier molecular flexibility index (Phi) is 5.76. The van der Waals surface area contributed by atoms with Gasteiger partial charge in [0.2, 0.25) is 15.9 Å². The number of ether oxygens (including phenoxy) is 3. The normalized spacial score (nSPS) is 29.8.